The summed E-state index contributed by atoms with van der Waals surface area (Å²) in [5.74, 6) is 5.36. The van der Waals surface area contributed by atoms with Crippen molar-refractivity contribution in [2.24, 2.45) is 5.11 Å². The Labute approximate surface area is 74.7 Å². The van der Waals surface area contributed by atoms with Gasteiger partial charge in [-0.05, 0) is 11.6 Å². The highest BCUT2D eigenvalue weighted by Gasteiger charge is 1.88. The summed E-state index contributed by atoms with van der Waals surface area (Å²) in [7, 11) is 0. The highest BCUT2D eigenvalue weighted by Crippen LogP contribution is 2.06. The van der Waals surface area contributed by atoms with Gasteiger partial charge in [-0.3, -0.25) is 4.98 Å². The van der Waals surface area contributed by atoms with Gasteiger partial charge in [-0.2, -0.15) is 0 Å². The lowest BCUT2D eigenvalue weighted by molar-refractivity contribution is 0.472. The van der Waals surface area contributed by atoms with Gasteiger partial charge in [0.25, 0.3) is 0 Å². The SMILES string of the molecule is [N-]=[N+]=NCC#Cc1cncc(O)c1. The fraction of sp³-hybridized carbons (Fsp3) is 0.125. The van der Waals surface area contributed by atoms with Crippen molar-refractivity contribution in [3.05, 3.63) is 34.5 Å². The van der Waals surface area contributed by atoms with Crippen LogP contribution in [-0.4, -0.2) is 16.6 Å². The Balaban J connectivity index is 2.71. The molecular weight excluding hydrogens is 168 g/mol. The largest absolute Gasteiger partial charge is 0.506 e. The first-order valence-electron chi connectivity index (χ1n) is 3.46. The number of aromatic hydroxyl groups is 1. The van der Waals surface area contributed by atoms with E-state index in [0.29, 0.717) is 5.56 Å². The van der Waals surface area contributed by atoms with Gasteiger partial charge in [0.2, 0.25) is 0 Å². The summed E-state index contributed by atoms with van der Waals surface area (Å²) in [4.78, 5) is 6.27. The maximum atomic E-state index is 9.00. The van der Waals surface area contributed by atoms with Crippen molar-refractivity contribution in [3.63, 3.8) is 0 Å². The Kier molecular flexibility index (Phi) is 3.19. The molecule has 1 N–H and O–H groups in total. The maximum absolute atomic E-state index is 9.00. The van der Waals surface area contributed by atoms with Crippen molar-refractivity contribution in [1.29, 1.82) is 0 Å². The lowest BCUT2D eigenvalue weighted by Crippen LogP contribution is -1.77. The summed E-state index contributed by atoms with van der Waals surface area (Å²) in [5, 5.41) is 12.2. The van der Waals surface area contributed by atoms with E-state index in [1.165, 1.54) is 18.5 Å². The molecule has 0 aliphatic rings. The van der Waals surface area contributed by atoms with E-state index < -0.39 is 0 Å². The van der Waals surface area contributed by atoms with Crippen molar-refractivity contribution in [2.75, 3.05) is 6.54 Å². The maximum Gasteiger partial charge on any atom is 0.135 e. The molecule has 0 unspecified atom stereocenters. The third-order valence-corrected chi connectivity index (χ3v) is 1.17. The number of hydrogen-bond donors (Lipinski definition) is 1. The average Bonchev–Trinajstić information content (AvgIpc) is 2.13. The molecule has 0 amide bonds. The van der Waals surface area contributed by atoms with Crippen molar-refractivity contribution in [2.45, 2.75) is 0 Å². The van der Waals surface area contributed by atoms with E-state index in [1.807, 2.05) is 0 Å². The Morgan fingerprint density at radius 2 is 2.46 bits per heavy atom. The lowest BCUT2D eigenvalue weighted by Gasteiger charge is -1.89. The van der Waals surface area contributed by atoms with Gasteiger partial charge in [-0.25, -0.2) is 0 Å². The van der Waals surface area contributed by atoms with Gasteiger partial charge in [0.15, 0.2) is 0 Å². The first-order valence-corrected chi connectivity index (χ1v) is 3.46. The number of rotatable bonds is 1. The molecule has 1 aromatic rings. The zero-order valence-corrected chi connectivity index (χ0v) is 6.68. The second kappa shape index (κ2) is 4.65. The van der Waals surface area contributed by atoms with Crippen LogP contribution in [0.4, 0.5) is 0 Å². The molecule has 0 spiro atoms. The van der Waals surface area contributed by atoms with Crippen LogP contribution in [0.2, 0.25) is 0 Å². The minimum atomic E-state index is 0.0654. The van der Waals surface area contributed by atoms with E-state index in [4.69, 9.17) is 10.6 Å². The molecular formula is C8H6N4O. The molecule has 0 aliphatic heterocycles. The van der Waals surface area contributed by atoms with Crippen LogP contribution in [0.5, 0.6) is 5.75 Å². The van der Waals surface area contributed by atoms with E-state index in [2.05, 4.69) is 26.9 Å². The van der Waals surface area contributed by atoms with Crippen molar-refractivity contribution in [1.82, 2.24) is 4.98 Å². The van der Waals surface area contributed by atoms with Crippen molar-refractivity contribution in [3.8, 4) is 17.6 Å². The Morgan fingerprint density at radius 1 is 1.62 bits per heavy atom. The monoisotopic (exact) mass is 174 g/mol. The summed E-state index contributed by atoms with van der Waals surface area (Å²) in [6.45, 7) is 0.117. The predicted octanol–water partition coefficient (Wildman–Crippen LogP) is 1.45. The zero-order chi connectivity index (χ0) is 9.52. The van der Waals surface area contributed by atoms with Gasteiger partial charge < -0.3 is 5.11 Å². The third kappa shape index (κ3) is 3.14. The number of hydrogen-bond acceptors (Lipinski definition) is 3. The molecule has 0 saturated heterocycles. The summed E-state index contributed by atoms with van der Waals surface area (Å²) < 4.78 is 0. The Bertz CT molecular complexity index is 398. The summed E-state index contributed by atoms with van der Waals surface area (Å²) in [6, 6.07) is 1.48. The van der Waals surface area contributed by atoms with Crippen LogP contribution < -0.4 is 0 Å². The number of nitrogens with zero attached hydrogens (tertiary/aromatic N) is 4. The minimum absolute atomic E-state index is 0.0654. The first-order chi connectivity index (χ1) is 6.33. The van der Waals surface area contributed by atoms with E-state index >= 15 is 0 Å². The van der Waals surface area contributed by atoms with E-state index in [0.717, 1.165) is 0 Å². The highest BCUT2D eigenvalue weighted by molar-refractivity contribution is 5.36. The standard InChI is InChI=1S/C8H6N4O/c9-12-11-3-1-2-7-4-8(13)6-10-5-7/h4-6,13H,3H2. The normalized spacial score (nSPS) is 8.00. The number of azide groups is 1. The van der Waals surface area contributed by atoms with Gasteiger partial charge in [0, 0.05) is 16.7 Å². The molecule has 0 aliphatic carbocycles. The van der Waals surface area contributed by atoms with Crippen LogP contribution in [0, 0.1) is 11.8 Å². The Hall–Kier alpha value is -2.18. The van der Waals surface area contributed by atoms with Crippen LogP contribution in [0.25, 0.3) is 10.4 Å². The molecule has 5 nitrogen and oxygen atoms in total. The fourth-order valence-corrected chi connectivity index (χ4v) is 0.705. The number of aromatic nitrogens is 1. The third-order valence-electron chi connectivity index (χ3n) is 1.17. The molecule has 64 valence electrons. The molecule has 1 rings (SSSR count). The quantitative estimate of drug-likeness (QED) is 0.302. The van der Waals surface area contributed by atoms with Gasteiger partial charge >= 0.3 is 0 Å². The highest BCUT2D eigenvalue weighted by atomic mass is 16.3. The smallest absolute Gasteiger partial charge is 0.135 e. The van der Waals surface area contributed by atoms with Crippen molar-refractivity contribution >= 4 is 0 Å². The van der Waals surface area contributed by atoms with E-state index in [9.17, 15) is 0 Å². The summed E-state index contributed by atoms with van der Waals surface area (Å²) >= 11 is 0. The molecule has 0 atom stereocenters. The van der Waals surface area contributed by atoms with Crippen LogP contribution in [0.3, 0.4) is 0 Å². The van der Waals surface area contributed by atoms with Crippen LogP contribution in [0.1, 0.15) is 5.56 Å². The Morgan fingerprint density at radius 3 is 3.15 bits per heavy atom. The average molecular weight is 174 g/mol. The van der Waals surface area contributed by atoms with E-state index in [1.54, 1.807) is 0 Å². The molecule has 5 heteroatoms. The number of pyridine rings is 1. The van der Waals surface area contributed by atoms with Crippen molar-refractivity contribution < 1.29 is 5.11 Å². The first kappa shape index (κ1) is 8.91. The minimum Gasteiger partial charge on any atom is -0.506 e. The van der Waals surface area contributed by atoms with Gasteiger partial charge in [-0.15, -0.1) is 0 Å². The van der Waals surface area contributed by atoms with Crippen LogP contribution >= 0.6 is 0 Å². The van der Waals surface area contributed by atoms with Gasteiger partial charge in [0.05, 0.1) is 12.7 Å². The topological polar surface area (TPSA) is 81.9 Å². The molecule has 0 bridgehead atoms. The second-order valence-corrected chi connectivity index (χ2v) is 2.12. The molecule has 0 fully saturated rings. The second-order valence-electron chi connectivity index (χ2n) is 2.12. The fourth-order valence-electron chi connectivity index (χ4n) is 0.705. The molecule has 0 radical (unpaired) electrons. The summed E-state index contributed by atoms with van der Waals surface area (Å²) in [5.41, 5.74) is 8.54. The predicted molar refractivity (Wildman–Crippen MR) is 46.8 cm³/mol. The van der Waals surface area contributed by atoms with Gasteiger partial charge in [0.1, 0.15) is 5.75 Å². The molecule has 1 aromatic heterocycles. The van der Waals surface area contributed by atoms with E-state index in [-0.39, 0.29) is 12.3 Å². The van der Waals surface area contributed by atoms with Crippen LogP contribution in [-0.2, 0) is 0 Å². The van der Waals surface area contributed by atoms with Gasteiger partial charge in [-0.1, -0.05) is 17.0 Å². The molecule has 13 heavy (non-hydrogen) atoms. The molecule has 0 saturated carbocycles. The zero-order valence-electron chi connectivity index (χ0n) is 6.68. The molecule has 1 heterocycles. The lowest BCUT2D eigenvalue weighted by atomic mass is 10.3. The summed E-state index contributed by atoms with van der Waals surface area (Å²) in [6.07, 6.45) is 2.83. The molecule has 0 aromatic carbocycles. The van der Waals surface area contributed by atoms with Crippen LogP contribution in [0.15, 0.2) is 23.6 Å².